The lowest BCUT2D eigenvalue weighted by Gasteiger charge is -2.36. The molecule has 0 aromatic rings. The molecule has 5 nitrogen and oxygen atoms in total. The molecule has 110 valence electrons. The standard InChI is InChI=1S/C14H25NO4/c1-5-19-13(18)11(14(2,3)4)12(17)15-8-6-7-10(16)9-15/h10-11,16H,5-9H2,1-4H3. The van der Waals surface area contributed by atoms with E-state index < -0.39 is 23.4 Å². The van der Waals surface area contributed by atoms with Gasteiger partial charge in [0, 0.05) is 13.1 Å². The van der Waals surface area contributed by atoms with Gasteiger partial charge in [-0.25, -0.2) is 0 Å². The fraction of sp³-hybridized carbons (Fsp3) is 0.857. The van der Waals surface area contributed by atoms with E-state index >= 15 is 0 Å². The normalized spacial score (nSPS) is 21.9. The van der Waals surface area contributed by atoms with Gasteiger partial charge in [0.05, 0.1) is 12.7 Å². The van der Waals surface area contributed by atoms with Crippen LogP contribution in [0.15, 0.2) is 0 Å². The van der Waals surface area contributed by atoms with Gasteiger partial charge in [0.25, 0.3) is 0 Å². The van der Waals surface area contributed by atoms with E-state index in [2.05, 4.69) is 0 Å². The number of hydrogen-bond donors (Lipinski definition) is 1. The fourth-order valence-electron chi connectivity index (χ4n) is 2.39. The summed E-state index contributed by atoms with van der Waals surface area (Å²) in [6.07, 6.45) is 0.996. The number of aliphatic hydroxyl groups excluding tert-OH is 1. The van der Waals surface area contributed by atoms with E-state index in [1.165, 1.54) is 0 Å². The molecule has 0 aromatic heterocycles. The van der Waals surface area contributed by atoms with Crippen molar-refractivity contribution in [2.75, 3.05) is 19.7 Å². The number of likely N-dealkylation sites (tertiary alicyclic amines) is 1. The van der Waals surface area contributed by atoms with E-state index in [0.717, 1.165) is 6.42 Å². The molecule has 1 N–H and O–H groups in total. The molecule has 0 aromatic carbocycles. The SMILES string of the molecule is CCOC(=O)C(C(=O)N1CCCC(O)C1)C(C)(C)C. The van der Waals surface area contributed by atoms with Crippen molar-refractivity contribution < 1.29 is 19.4 Å². The number of ether oxygens (including phenoxy) is 1. The summed E-state index contributed by atoms with van der Waals surface area (Å²) >= 11 is 0. The van der Waals surface area contributed by atoms with Crippen molar-refractivity contribution in [2.45, 2.75) is 46.6 Å². The molecule has 1 heterocycles. The predicted molar refractivity (Wildman–Crippen MR) is 71.4 cm³/mol. The Balaban J connectivity index is 2.85. The van der Waals surface area contributed by atoms with Crippen LogP contribution in [-0.2, 0) is 14.3 Å². The maximum absolute atomic E-state index is 12.5. The minimum atomic E-state index is -0.808. The molecule has 1 aliphatic heterocycles. The number of aliphatic hydroxyl groups is 1. The average molecular weight is 271 g/mol. The van der Waals surface area contributed by atoms with Crippen LogP contribution in [0.4, 0.5) is 0 Å². The molecule has 0 aliphatic carbocycles. The molecule has 0 radical (unpaired) electrons. The lowest BCUT2D eigenvalue weighted by atomic mass is 9.79. The Labute approximate surface area is 114 Å². The first kappa shape index (κ1) is 16.0. The number of esters is 1. The summed E-state index contributed by atoms with van der Waals surface area (Å²) in [6.45, 7) is 8.47. The molecule has 1 amide bonds. The second-order valence-corrected chi connectivity index (χ2v) is 6.13. The second kappa shape index (κ2) is 6.37. The van der Waals surface area contributed by atoms with Gasteiger partial charge in [-0.05, 0) is 25.2 Å². The summed E-state index contributed by atoms with van der Waals surface area (Å²) in [5.74, 6) is -1.51. The molecular weight excluding hydrogens is 246 g/mol. The van der Waals surface area contributed by atoms with Gasteiger partial charge >= 0.3 is 5.97 Å². The van der Waals surface area contributed by atoms with Crippen molar-refractivity contribution in [1.82, 2.24) is 4.90 Å². The maximum Gasteiger partial charge on any atom is 0.319 e. The number of rotatable bonds is 3. The molecule has 1 fully saturated rings. The van der Waals surface area contributed by atoms with E-state index in [4.69, 9.17) is 4.74 Å². The zero-order valence-electron chi connectivity index (χ0n) is 12.3. The minimum absolute atomic E-state index is 0.232. The number of amides is 1. The molecule has 2 unspecified atom stereocenters. The van der Waals surface area contributed by atoms with Gasteiger partial charge in [-0.15, -0.1) is 0 Å². The van der Waals surface area contributed by atoms with Gasteiger partial charge < -0.3 is 14.7 Å². The lowest BCUT2D eigenvalue weighted by molar-refractivity contribution is -0.161. The van der Waals surface area contributed by atoms with Crippen LogP contribution in [0.25, 0.3) is 0 Å². The van der Waals surface area contributed by atoms with Gasteiger partial charge in [-0.1, -0.05) is 20.8 Å². The van der Waals surface area contributed by atoms with E-state index in [9.17, 15) is 14.7 Å². The van der Waals surface area contributed by atoms with Crippen LogP contribution in [0.1, 0.15) is 40.5 Å². The Morgan fingerprint density at radius 2 is 2.05 bits per heavy atom. The predicted octanol–water partition coefficient (Wildman–Crippen LogP) is 1.20. The zero-order valence-corrected chi connectivity index (χ0v) is 12.3. The first-order valence-electron chi connectivity index (χ1n) is 6.90. The third-order valence-corrected chi connectivity index (χ3v) is 3.34. The lowest BCUT2D eigenvalue weighted by Crippen LogP contribution is -2.50. The van der Waals surface area contributed by atoms with E-state index in [1.807, 2.05) is 20.8 Å². The Morgan fingerprint density at radius 3 is 2.53 bits per heavy atom. The zero-order chi connectivity index (χ0) is 14.6. The van der Waals surface area contributed by atoms with Gasteiger partial charge in [0.2, 0.25) is 5.91 Å². The van der Waals surface area contributed by atoms with Crippen LogP contribution in [0.5, 0.6) is 0 Å². The summed E-state index contributed by atoms with van der Waals surface area (Å²) in [7, 11) is 0. The first-order chi connectivity index (χ1) is 8.77. The highest BCUT2D eigenvalue weighted by Gasteiger charge is 2.41. The van der Waals surface area contributed by atoms with Crippen molar-refractivity contribution in [3.8, 4) is 0 Å². The second-order valence-electron chi connectivity index (χ2n) is 6.13. The number of carbonyl (C=O) groups is 2. The molecule has 0 bridgehead atoms. The van der Waals surface area contributed by atoms with Crippen LogP contribution in [0, 0.1) is 11.3 Å². The van der Waals surface area contributed by atoms with Crippen LogP contribution < -0.4 is 0 Å². The first-order valence-corrected chi connectivity index (χ1v) is 6.90. The highest BCUT2D eigenvalue weighted by molar-refractivity contribution is 5.98. The highest BCUT2D eigenvalue weighted by atomic mass is 16.5. The quantitative estimate of drug-likeness (QED) is 0.618. The van der Waals surface area contributed by atoms with Crippen LogP contribution in [-0.4, -0.2) is 47.7 Å². The third kappa shape index (κ3) is 4.20. The molecule has 0 spiro atoms. The van der Waals surface area contributed by atoms with Crippen molar-refractivity contribution >= 4 is 11.9 Å². The Bertz CT molecular complexity index is 335. The van der Waals surface area contributed by atoms with Crippen LogP contribution in [0.3, 0.4) is 0 Å². The highest BCUT2D eigenvalue weighted by Crippen LogP contribution is 2.30. The summed E-state index contributed by atoms with van der Waals surface area (Å²) in [5.41, 5.74) is -0.494. The summed E-state index contributed by atoms with van der Waals surface area (Å²) in [6, 6.07) is 0. The number of β-amino-alcohol motifs (C(OH)–C–C–N with tert-alkyl or cyclic N) is 1. The largest absolute Gasteiger partial charge is 0.465 e. The van der Waals surface area contributed by atoms with Gasteiger partial charge in [0.15, 0.2) is 0 Å². The summed E-state index contributed by atoms with van der Waals surface area (Å²) < 4.78 is 5.02. The Morgan fingerprint density at radius 1 is 1.42 bits per heavy atom. The summed E-state index contributed by atoms with van der Waals surface area (Å²) in [5, 5.41) is 9.64. The van der Waals surface area contributed by atoms with E-state index in [1.54, 1.807) is 11.8 Å². The Kier molecular flexibility index (Phi) is 5.35. The van der Waals surface area contributed by atoms with Crippen molar-refractivity contribution in [1.29, 1.82) is 0 Å². The van der Waals surface area contributed by atoms with Crippen molar-refractivity contribution in [3.05, 3.63) is 0 Å². The molecular formula is C14H25NO4. The smallest absolute Gasteiger partial charge is 0.319 e. The molecule has 5 heteroatoms. The number of piperidine rings is 1. The monoisotopic (exact) mass is 271 g/mol. The fourth-order valence-corrected chi connectivity index (χ4v) is 2.39. The average Bonchev–Trinajstić information content (AvgIpc) is 2.27. The number of hydrogen-bond acceptors (Lipinski definition) is 4. The molecule has 1 aliphatic rings. The van der Waals surface area contributed by atoms with Crippen LogP contribution in [0.2, 0.25) is 0 Å². The van der Waals surface area contributed by atoms with E-state index in [0.29, 0.717) is 19.5 Å². The molecule has 0 saturated carbocycles. The minimum Gasteiger partial charge on any atom is -0.465 e. The summed E-state index contributed by atoms with van der Waals surface area (Å²) in [4.78, 5) is 26.1. The van der Waals surface area contributed by atoms with Gasteiger partial charge in [-0.2, -0.15) is 0 Å². The maximum atomic E-state index is 12.5. The van der Waals surface area contributed by atoms with Crippen molar-refractivity contribution in [2.24, 2.45) is 11.3 Å². The molecule has 2 atom stereocenters. The van der Waals surface area contributed by atoms with Gasteiger partial charge in [-0.3, -0.25) is 9.59 Å². The third-order valence-electron chi connectivity index (χ3n) is 3.34. The molecule has 1 saturated heterocycles. The Hall–Kier alpha value is -1.10. The number of nitrogens with zero attached hydrogens (tertiary/aromatic N) is 1. The molecule has 19 heavy (non-hydrogen) atoms. The van der Waals surface area contributed by atoms with Crippen LogP contribution >= 0.6 is 0 Å². The van der Waals surface area contributed by atoms with Crippen molar-refractivity contribution in [3.63, 3.8) is 0 Å². The molecule has 1 rings (SSSR count). The topological polar surface area (TPSA) is 66.8 Å². The van der Waals surface area contributed by atoms with E-state index in [-0.39, 0.29) is 12.5 Å². The van der Waals surface area contributed by atoms with Gasteiger partial charge in [0.1, 0.15) is 5.92 Å². The number of carbonyl (C=O) groups excluding carboxylic acids is 2.